The molecule has 1 aromatic heterocycles. The molecule has 0 saturated heterocycles. The number of aromatic nitrogens is 1. The Labute approximate surface area is 231 Å². The number of H-pyrrole nitrogens is 1. The van der Waals surface area contributed by atoms with Crippen LogP contribution in [0.1, 0.15) is 29.8 Å². The first-order valence-electron chi connectivity index (χ1n) is 12.7. The average molecular weight is 551 g/mol. The number of halogens is 1. The molecule has 1 amide bonds. The van der Waals surface area contributed by atoms with E-state index in [1.165, 1.54) is 0 Å². The molecule has 0 radical (unpaired) electrons. The lowest BCUT2D eigenvalue weighted by molar-refractivity contribution is 0.0287. The van der Waals surface area contributed by atoms with Gasteiger partial charge in [-0.05, 0) is 72.1 Å². The topological polar surface area (TPSA) is 104 Å². The van der Waals surface area contributed by atoms with Crippen LogP contribution < -0.4 is 14.2 Å². The molecule has 5 rings (SSSR count). The van der Waals surface area contributed by atoms with Gasteiger partial charge in [0.05, 0.1) is 26.9 Å². The minimum absolute atomic E-state index is 0.163. The van der Waals surface area contributed by atoms with Crippen molar-refractivity contribution < 1.29 is 29.2 Å². The lowest BCUT2D eigenvalue weighted by Gasteiger charge is -2.35. The summed E-state index contributed by atoms with van der Waals surface area (Å²) < 4.78 is 16.8. The lowest BCUT2D eigenvalue weighted by atomic mass is 9.92. The highest BCUT2D eigenvalue weighted by atomic mass is 35.5. The monoisotopic (exact) mass is 550 g/mol. The fourth-order valence-electron chi connectivity index (χ4n) is 4.75. The van der Waals surface area contributed by atoms with Crippen molar-refractivity contribution >= 4 is 28.6 Å². The molecule has 1 aliphatic heterocycles. The molecule has 9 heteroatoms. The number of carbonyl (C=O) groups is 1. The maximum absolute atomic E-state index is 13.5. The van der Waals surface area contributed by atoms with Crippen LogP contribution in [-0.4, -0.2) is 59.7 Å². The van der Waals surface area contributed by atoms with Crippen LogP contribution in [0.2, 0.25) is 5.02 Å². The summed E-state index contributed by atoms with van der Waals surface area (Å²) >= 11 is 6.31. The lowest BCUT2D eigenvalue weighted by Crippen LogP contribution is -2.42. The molecule has 3 aromatic carbocycles. The summed E-state index contributed by atoms with van der Waals surface area (Å²) in [5.41, 5.74) is 3.11. The van der Waals surface area contributed by atoms with E-state index in [4.69, 9.17) is 25.8 Å². The summed E-state index contributed by atoms with van der Waals surface area (Å²) in [5.74, 6) is 1.69. The van der Waals surface area contributed by atoms with E-state index < -0.39 is 17.6 Å². The zero-order valence-electron chi connectivity index (χ0n) is 21.8. The molecular formula is C30H31ClN2O6. The predicted molar refractivity (Wildman–Crippen MR) is 149 cm³/mol. The first-order valence-corrected chi connectivity index (χ1v) is 13.1. The molecule has 0 saturated carbocycles. The van der Waals surface area contributed by atoms with Crippen LogP contribution in [0.4, 0.5) is 4.79 Å². The average Bonchev–Trinajstić information content (AvgIpc) is 3.34. The van der Waals surface area contributed by atoms with Crippen LogP contribution >= 0.6 is 11.6 Å². The van der Waals surface area contributed by atoms with Gasteiger partial charge in [-0.2, -0.15) is 0 Å². The van der Waals surface area contributed by atoms with Crippen LogP contribution in [-0.2, 0) is 6.42 Å². The van der Waals surface area contributed by atoms with Gasteiger partial charge in [0.25, 0.3) is 0 Å². The highest BCUT2D eigenvalue weighted by Crippen LogP contribution is 2.40. The number of nitrogens with one attached hydrogen (secondary N) is 1. The molecule has 8 nitrogen and oxygen atoms in total. The number of hydrogen-bond donors (Lipinski definition) is 3. The third kappa shape index (κ3) is 5.54. The maximum Gasteiger partial charge on any atom is 0.416 e. The van der Waals surface area contributed by atoms with Crippen LogP contribution in [0.5, 0.6) is 17.2 Å². The third-order valence-corrected chi connectivity index (χ3v) is 7.37. The normalized spacial score (nSPS) is 15.2. The van der Waals surface area contributed by atoms with E-state index in [1.54, 1.807) is 43.2 Å². The fraction of sp³-hybridized carbons (Fsp3) is 0.300. The number of hydrogen-bond acceptors (Lipinski definition) is 6. The maximum atomic E-state index is 13.5. The summed E-state index contributed by atoms with van der Waals surface area (Å²) in [6, 6.07) is 19.7. The van der Waals surface area contributed by atoms with Gasteiger partial charge < -0.3 is 29.4 Å². The van der Waals surface area contributed by atoms with E-state index in [0.29, 0.717) is 35.2 Å². The first kappa shape index (κ1) is 26.9. The number of aliphatic hydroxyl groups excluding tert-OH is 2. The summed E-state index contributed by atoms with van der Waals surface area (Å²) in [6.45, 7) is 1.98. The summed E-state index contributed by atoms with van der Waals surface area (Å²) in [7, 11) is 1.58. The van der Waals surface area contributed by atoms with Crippen molar-refractivity contribution in [3.8, 4) is 17.2 Å². The van der Waals surface area contributed by atoms with Crippen LogP contribution in [0, 0.1) is 5.41 Å². The van der Waals surface area contributed by atoms with Gasteiger partial charge in [0, 0.05) is 33.6 Å². The molecule has 0 bridgehead atoms. The van der Waals surface area contributed by atoms with E-state index in [2.05, 4.69) is 4.98 Å². The number of ether oxygens (including phenoxy) is 3. The van der Waals surface area contributed by atoms with Gasteiger partial charge in [0.1, 0.15) is 23.3 Å². The van der Waals surface area contributed by atoms with Crippen LogP contribution in [0.25, 0.3) is 10.9 Å². The van der Waals surface area contributed by atoms with Gasteiger partial charge in [-0.3, -0.25) is 4.90 Å². The summed E-state index contributed by atoms with van der Waals surface area (Å²) in [6.07, 6.45) is 0.181. The molecule has 204 valence electrons. The second kappa shape index (κ2) is 11.2. The zero-order valence-corrected chi connectivity index (χ0v) is 22.6. The number of benzene rings is 3. The quantitative estimate of drug-likeness (QED) is 0.273. The molecule has 1 aliphatic rings. The highest BCUT2D eigenvalue weighted by molar-refractivity contribution is 6.31. The van der Waals surface area contributed by atoms with Crippen molar-refractivity contribution in [3.63, 3.8) is 0 Å². The summed E-state index contributed by atoms with van der Waals surface area (Å²) in [4.78, 5) is 18.7. The van der Waals surface area contributed by atoms with Gasteiger partial charge in [-0.25, -0.2) is 4.79 Å². The Balaban J connectivity index is 1.47. The number of carbonyl (C=O) groups excluding carboxylic acids is 1. The molecule has 0 unspecified atom stereocenters. The molecular weight excluding hydrogens is 520 g/mol. The van der Waals surface area contributed by atoms with Crippen molar-refractivity contribution in [3.05, 3.63) is 88.6 Å². The standard InChI is InChI=1S/C30H31ClN2O6/c1-30(16-34,17-35)18-38-22-6-3-19(4-7-22)28-27-24(25-15-20(31)5-12-26(25)32-27)13-14-33(28)29(36)39-23-10-8-21(37-2)9-11-23/h3-12,15,28,32,34-35H,13-14,16-18H2,1-2H3/t28-/m0/s1. The van der Waals surface area contributed by atoms with Gasteiger partial charge >= 0.3 is 6.09 Å². The molecule has 3 N–H and O–H groups in total. The molecule has 0 fully saturated rings. The number of amides is 1. The number of aliphatic hydroxyl groups is 2. The van der Waals surface area contributed by atoms with E-state index >= 15 is 0 Å². The Morgan fingerprint density at radius 2 is 1.69 bits per heavy atom. The predicted octanol–water partition coefficient (Wildman–Crippen LogP) is 5.35. The minimum atomic E-state index is -0.745. The van der Waals surface area contributed by atoms with Gasteiger partial charge in [-0.15, -0.1) is 0 Å². The van der Waals surface area contributed by atoms with Crippen molar-refractivity contribution in [2.45, 2.75) is 19.4 Å². The summed E-state index contributed by atoms with van der Waals surface area (Å²) in [5, 5.41) is 20.8. The molecule has 2 heterocycles. The smallest absolute Gasteiger partial charge is 0.416 e. The Kier molecular flexibility index (Phi) is 7.70. The molecule has 1 atom stereocenters. The number of aromatic amines is 1. The minimum Gasteiger partial charge on any atom is -0.497 e. The molecule has 0 spiro atoms. The molecule has 0 aliphatic carbocycles. The van der Waals surface area contributed by atoms with Gasteiger partial charge in [0.15, 0.2) is 0 Å². The van der Waals surface area contributed by atoms with Crippen molar-refractivity contribution in [2.75, 3.05) is 33.5 Å². The van der Waals surface area contributed by atoms with E-state index in [0.717, 1.165) is 27.7 Å². The zero-order chi connectivity index (χ0) is 27.6. The van der Waals surface area contributed by atoms with E-state index in [-0.39, 0.29) is 19.8 Å². The Bertz CT molecular complexity index is 1450. The highest BCUT2D eigenvalue weighted by Gasteiger charge is 2.36. The van der Waals surface area contributed by atoms with Crippen molar-refractivity contribution in [1.82, 2.24) is 9.88 Å². The van der Waals surface area contributed by atoms with Crippen molar-refractivity contribution in [1.29, 1.82) is 0 Å². The van der Waals surface area contributed by atoms with Crippen molar-refractivity contribution in [2.24, 2.45) is 5.41 Å². The molecule has 39 heavy (non-hydrogen) atoms. The third-order valence-electron chi connectivity index (χ3n) is 7.13. The Hall–Kier alpha value is -3.72. The van der Waals surface area contributed by atoms with Crippen LogP contribution in [0.3, 0.4) is 0 Å². The second-order valence-corrected chi connectivity index (χ2v) is 10.5. The second-order valence-electron chi connectivity index (χ2n) is 10.1. The number of rotatable bonds is 8. The van der Waals surface area contributed by atoms with Gasteiger partial charge in [-0.1, -0.05) is 30.7 Å². The van der Waals surface area contributed by atoms with Crippen LogP contribution in [0.15, 0.2) is 66.7 Å². The fourth-order valence-corrected chi connectivity index (χ4v) is 4.92. The Morgan fingerprint density at radius 1 is 1.03 bits per heavy atom. The Morgan fingerprint density at radius 3 is 2.36 bits per heavy atom. The number of methoxy groups -OCH3 is 1. The number of fused-ring (bicyclic) bond motifs is 3. The SMILES string of the molecule is COc1ccc(OC(=O)N2CCc3c([nH]c4ccc(Cl)cc34)[C@@H]2c2ccc(OCC(C)(CO)CO)cc2)cc1. The molecule has 4 aromatic rings. The number of nitrogens with zero attached hydrogens (tertiary/aromatic N) is 1. The van der Waals surface area contributed by atoms with Gasteiger partial charge in [0.2, 0.25) is 0 Å². The first-order chi connectivity index (χ1) is 18.8. The largest absolute Gasteiger partial charge is 0.497 e. The van der Waals surface area contributed by atoms with E-state index in [1.807, 2.05) is 42.5 Å². The van der Waals surface area contributed by atoms with E-state index in [9.17, 15) is 15.0 Å².